The Morgan fingerprint density at radius 1 is 0.833 bits per heavy atom. The van der Waals surface area contributed by atoms with E-state index in [1.165, 1.54) is 12.1 Å². The van der Waals surface area contributed by atoms with Crippen LogP contribution in [0.25, 0.3) is 22.4 Å². The number of halogens is 4. The highest BCUT2D eigenvalue weighted by molar-refractivity contribution is 6.36. The molecule has 0 atom stereocenters. The maximum atomic E-state index is 13.4. The lowest BCUT2D eigenvalue weighted by atomic mass is 10.0. The van der Waals surface area contributed by atoms with Crippen LogP contribution in [0.15, 0.2) is 72.9 Å². The summed E-state index contributed by atoms with van der Waals surface area (Å²) in [7, 11) is 0. The fourth-order valence-electron chi connectivity index (χ4n) is 2.94. The third-order valence-electron chi connectivity index (χ3n) is 4.37. The molecule has 1 aromatic heterocycles. The molecule has 0 N–H and O–H groups in total. The maximum absolute atomic E-state index is 13.4. The molecule has 0 saturated heterocycles. The van der Waals surface area contributed by atoms with Crippen molar-refractivity contribution < 1.29 is 9.13 Å². The molecule has 150 valence electrons. The van der Waals surface area contributed by atoms with Crippen LogP contribution in [0.4, 0.5) is 4.39 Å². The predicted octanol–water partition coefficient (Wildman–Crippen LogP) is 7.49. The van der Waals surface area contributed by atoms with Gasteiger partial charge in [0.2, 0.25) is 0 Å². The van der Waals surface area contributed by atoms with E-state index < -0.39 is 0 Å². The Kier molecular flexibility index (Phi) is 6.18. The first-order chi connectivity index (χ1) is 14.5. The lowest BCUT2D eigenvalue weighted by molar-refractivity contribution is 0.280. The number of aromatic nitrogens is 2. The summed E-state index contributed by atoms with van der Waals surface area (Å²) in [4.78, 5) is 8.90. The number of nitrogens with zero attached hydrogens (tertiary/aromatic N) is 2. The molecule has 0 aliphatic heterocycles. The Labute approximate surface area is 188 Å². The zero-order valence-corrected chi connectivity index (χ0v) is 17.7. The molecule has 0 aliphatic rings. The fraction of sp³-hybridized carbons (Fsp3) is 0.0435. The van der Waals surface area contributed by atoms with Crippen molar-refractivity contribution in [2.45, 2.75) is 6.61 Å². The molecule has 7 heteroatoms. The van der Waals surface area contributed by atoms with E-state index in [9.17, 15) is 4.39 Å². The molecule has 0 bridgehead atoms. The quantitative estimate of drug-likeness (QED) is 0.310. The number of ether oxygens (including phenoxy) is 1. The Morgan fingerprint density at radius 2 is 1.60 bits per heavy atom. The second-order valence-electron chi connectivity index (χ2n) is 6.46. The molecule has 0 unspecified atom stereocenters. The largest absolute Gasteiger partial charge is 0.459 e. The van der Waals surface area contributed by atoms with Gasteiger partial charge >= 0.3 is 6.01 Å². The highest BCUT2D eigenvalue weighted by Gasteiger charge is 2.15. The Morgan fingerprint density at radius 3 is 2.33 bits per heavy atom. The van der Waals surface area contributed by atoms with E-state index >= 15 is 0 Å². The third-order valence-corrected chi connectivity index (χ3v) is 5.16. The van der Waals surface area contributed by atoms with Crippen molar-refractivity contribution in [3.8, 4) is 28.4 Å². The van der Waals surface area contributed by atoms with Gasteiger partial charge in [-0.25, -0.2) is 9.37 Å². The van der Waals surface area contributed by atoms with E-state index in [0.717, 1.165) is 11.1 Å². The fourth-order valence-corrected chi connectivity index (χ4v) is 3.56. The first-order valence-corrected chi connectivity index (χ1v) is 10.1. The maximum Gasteiger partial charge on any atom is 0.317 e. The number of hydrogen-bond donors (Lipinski definition) is 0. The minimum atomic E-state index is -0.330. The predicted molar refractivity (Wildman–Crippen MR) is 119 cm³/mol. The van der Waals surface area contributed by atoms with Crippen molar-refractivity contribution in [1.29, 1.82) is 0 Å². The van der Waals surface area contributed by atoms with Crippen LogP contribution < -0.4 is 4.74 Å². The van der Waals surface area contributed by atoms with Crippen molar-refractivity contribution in [1.82, 2.24) is 9.97 Å². The van der Waals surface area contributed by atoms with Crippen molar-refractivity contribution in [2.75, 3.05) is 0 Å². The molecular weight excluding hydrogens is 446 g/mol. The second kappa shape index (κ2) is 9.00. The summed E-state index contributed by atoms with van der Waals surface area (Å²) in [6.45, 7) is 0.131. The molecule has 4 rings (SSSR count). The lowest BCUT2D eigenvalue weighted by Crippen LogP contribution is -2.02. The SMILES string of the molecule is Fc1cccc(COc2ncc(-c3ccc(Cl)cc3)c(-c3ccc(Cl)cc3Cl)n2)c1. The average molecular weight is 460 g/mol. The topological polar surface area (TPSA) is 35.0 Å². The molecule has 0 aliphatic carbocycles. The van der Waals surface area contributed by atoms with Crippen LogP contribution in [0, 0.1) is 5.82 Å². The van der Waals surface area contributed by atoms with Gasteiger partial charge in [-0.15, -0.1) is 0 Å². The van der Waals surface area contributed by atoms with Gasteiger partial charge in [0.05, 0.1) is 10.7 Å². The van der Waals surface area contributed by atoms with Gasteiger partial charge in [-0.05, 0) is 53.6 Å². The molecule has 3 aromatic carbocycles. The minimum absolute atomic E-state index is 0.131. The normalized spacial score (nSPS) is 10.8. The molecule has 4 aromatic rings. The standard InChI is InChI=1S/C23H14Cl3FN2O/c24-16-6-4-15(5-7-16)20-12-28-23(30-13-14-2-1-3-18(27)10-14)29-22(20)19-9-8-17(25)11-21(19)26/h1-12H,13H2. The highest BCUT2D eigenvalue weighted by Crippen LogP contribution is 2.36. The van der Waals surface area contributed by atoms with E-state index in [1.54, 1.807) is 48.7 Å². The lowest BCUT2D eigenvalue weighted by Gasteiger charge is -2.13. The first-order valence-electron chi connectivity index (χ1n) is 8.95. The average Bonchev–Trinajstić information content (AvgIpc) is 2.73. The van der Waals surface area contributed by atoms with Gasteiger partial charge in [0.15, 0.2) is 0 Å². The van der Waals surface area contributed by atoms with Crippen molar-refractivity contribution in [2.24, 2.45) is 0 Å². The first kappa shape index (κ1) is 20.6. The molecule has 3 nitrogen and oxygen atoms in total. The van der Waals surface area contributed by atoms with E-state index in [4.69, 9.17) is 39.5 Å². The van der Waals surface area contributed by atoms with Gasteiger partial charge in [-0.2, -0.15) is 4.98 Å². The number of rotatable bonds is 5. The minimum Gasteiger partial charge on any atom is -0.459 e. The monoisotopic (exact) mass is 458 g/mol. The Balaban J connectivity index is 1.74. The summed E-state index contributed by atoms with van der Waals surface area (Å²) in [6.07, 6.45) is 1.66. The molecule has 0 fully saturated rings. The Hall–Kier alpha value is -2.66. The molecule has 0 saturated carbocycles. The van der Waals surface area contributed by atoms with Gasteiger partial charge in [0.1, 0.15) is 12.4 Å². The second-order valence-corrected chi connectivity index (χ2v) is 7.74. The van der Waals surface area contributed by atoms with Crippen LogP contribution in [-0.2, 0) is 6.61 Å². The number of benzene rings is 3. The van der Waals surface area contributed by atoms with Crippen LogP contribution in [-0.4, -0.2) is 9.97 Å². The summed E-state index contributed by atoms with van der Waals surface area (Å²) in [5.74, 6) is -0.330. The van der Waals surface area contributed by atoms with E-state index in [1.807, 2.05) is 12.1 Å². The molecule has 0 amide bonds. The Bertz CT molecular complexity index is 1200. The van der Waals surface area contributed by atoms with E-state index in [2.05, 4.69) is 9.97 Å². The molecular formula is C23H14Cl3FN2O. The van der Waals surface area contributed by atoms with Gasteiger partial charge < -0.3 is 4.74 Å². The van der Waals surface area contributed by atoms with Gasteiger partial charge in [-0.1, -0.05) is 59.1 Å². The van der Waals surface area contributed by atoms with Gasteiger partial charge in [-0.3, -0.25) is 0 Å². The zero-order chi connectivity index (χ0) is 21.1. The van der Waals surface area contributed by atoms with Crippen LogP contribution in [0.1, 0.15) is 5.56 Å². The summed E-state index contributed by atoms with van der Waals surface area (Å²) in [5, 5.41) is 1.60. The summed E-state index contributed by atoms with van der Waals surface area (Å²) in [6, 6.07) is 18.8. The van der Waals surface area contributed by atoms with Crippen molar-refractivity contribution in [3.05, 3.63) is 99.4 Å². The van der Waals surface area contributed by atoms with Crippen LogP contribution in [0.2, 0.25) is 15.1 Å². The zero-order valence-electron chi connectivity index (χ0n) is 15.4. The summed E-state index contributed by atoms with van der Waals surface area (Å²) < 4.78 is 19.1. The van der Waals surface area contributed by atoms with Crippen LogP contribution in [0.3, 0.4) is 0 Å². The summed E-state index contributed by atoms with van der Waals surface area (Å²) in [5.41, 5.74) is 3.57. The van der Waals surface area contributed by atoms with Crippen LogP contribution in [0.5, 0.6) is 6.01 Å². The molecule has 0 spiro atoms. The smallest absolute Gasteiger partial charge is 0.317 e. The molecule has 0 radical (unpaired) electrons. The van der Waals surface area contributed by atoms with Gasteiger partial charge in [0, 0.05) is 27.4 Å². The van der Waals surface area contributed by atoms with Crippen molar-refractivity contribution >= 4 is 34.8 Å². The summed E-state index contributed by atoms with van der Waals surface area (Å²) >= 11 is 18.5. The van der Waals surface area contributed by atoms with E-state index in [0.29, 0.717) is 31.9 Å². The van der Waals surface area contributed by atoms with Gasteiger partial charge in [0.25, 0.3) is 0 Å². The molecule has 1 heterocycles. The van der Waals surface area contributed by atoms with Crippen LogP contribution >= 0.6 is 34.8 Å². The molecule has 30 heavy (non-hydrogen) atoms. The van der Waals surface area contributed by atoms with Crippen molar-refractivity contribution in [3.63, 3.8) is 0 Å². The third kappa shape index (κ3) is 4.73. The highest BCUT2D eigenvalue weighted by atomic mass is 35.5. The van der Waals surface area contributed by atoms with E-state index in [-0.39, 0.29) is 18.4 Å². The number of hydrogen-bond acceptors (Lipinski definition) is 3.